The quantitative estimate of drug-likeness (QED) is 0.782. The van der Waals surface area contributed by atoms with Gasteiger partial charge < -0.3 is 10.5 Å². The molecule has 1 unspecified atom stereocenters. The number of carbonyl (C=O) groups excluding carboxylic acids is 1. The van der Waals surface area contributed by atoms with E-state index < -0.39 is 16.0 Å². The Balaban J connectivity index is 3.15. The fourth-order valence-corrected chi connectivity index (χ4v) is 2.94. The molecule has 0 heterocycles. The molecule has 3 N–H and O–H groups in total. The SMILES string of the molecule is COC(=O)c1ccc(Cl)c(S(=O)(=O)NCC(C)N)c1. The average molecular weight is 307 g/mol. The van der Waals surface area contributed by atoms with Gasteiger partial charge in [-0.05, 0) is 25.1 Å². The Morgan fingerprint density at radius 3 is 2.68 bits per heavy atom. The molecule has 0 aliphatic rings. The molecule has 8 heteroatoms. The van der Waals surface area contributed by atoms with Crippen molar-refractivity contribution in [2.45, 2.75) is 17.9 Å². The number of methoxy groups -OCH3 is 1. The van der Waals surface area contributed by atoms with E-state index in [1.165, 1.54) is 19.2 Å². The van der Waals surface area contributed by atoms with Crippen molar-refractivity contribution in [3.63, 3.8) is 0 Å². The van der Waals surface area contributed by atoms with Gasteiger partial charge in [-0.2, -0.15) is 0 Å². The highest BCUT2D eigenvalue weighted by atomic mass is 35.5. The molecular formula is C11H15ClN2O4S. The van der Waals surface area contributed by atoms with E-state index in [4.69, 9.17) is 17.3 Å². The Hall–Kier alpha value is -1.15. The summed E-state index contributed by atoms with van der Waals surface area (Å²) in [6.07, 6.45) is 0. The third kappa shape index (κ3) is 4.17. The zero-order chi connectivity index (χ0) is 14.6. The summed E-state index contributed by atoms with van der Waals surface area (Å²) in [4.78, 5) is 11.2. The first kappa shape index (κ1) is 15.9. The first-order chi connectivity index (χ1) is 8.77. The van der Waals surface area contributed by atoms with Crippen LogP contribution in [0.4, 0.5) is 0 Å². The van der Waals surface area contributed by atoms with Crippen molar-refractivity contribution in [1.29, 1.82) is 0 Å². The highest BCUT2D eigenvalue weighted by Crippen LogP contribution is 2.22. The molecule has 0 bridgehead atoms. The Bertz CT molecular complexity index is 572. The first-order valence-electron chi connectivity index (χ1n) is 5.41. The van der Waals surface area contributed by atoms with Gasteiger partial charge in [0, 0.05) is 12.6 Å². The number of carbonyl (C=O) groups is 1. The maximum absolute atomic E-state index is 12.0. The number of nitrogens with one attached hydrogen (secondary N) is 1. The lowest BCUT2D eigenvalue weighted by atomic mass is 10.2. The van der Waals surface area contributed by atoms with Crippen LogP contribution in [0.2, 0.25) is 5.02 Å². The van der Waals surface area contributed by atoms with Crippen molar-refractivity contribution < 1.29 is 17.9 Å². The molecule has 0 fully saturated rings. The maximum atomic E-state index is 12.0. The summed E-state index contributed by atoms with van der Waals surface area (Å²) < 4.78 is 30.9. The molecule has 0 aliphatic carbocycles. The average Bonchev–Trinajstić information content (AvgIpc) is 2.36. The number of sulfonamides is 1. The van der Waals surface area contributed by atoms with Crippen LogP contribution in [0, 0.1) is 0 Å². The smallest absolute Gasteiger partial charge is 0.337 e. The van der Waals surface area contributed by atoms with E-state index in [1.54, 1.807) is 6.92 Å². The summed E-state index contributed by atoms with van der Waals surface area (Å²) in [5.41, 5.74) is 5.59. The van der Waals surface area contributed by atoms with Crippen LogP contribution in [0.15, 0.2) is 23.1 Å². The number of ether oxygens (including phenoxy) is 1. The molecule has 6 nitrogen and oxygen atoms in total. The van der Waals surface area contributed by atoms with E-state index in [1.807, 2.05) is 0 Å². The number of hydrogen-bond acceptors (Lipinski definition) is 5. The van der Waals surface area contributed by atoms with Crippen LogP contribution in [-0.2, 0) is 14.8 Å². The molecule has 1 aromatic rings. The number of benzene rings is 1. The van der Waals surface area contributed by atoms with Gasteiger partial charge in [0.15, 0.2) is 0 Å². The molecule has 1 atom stereocenters. The van der Waals surface area contributed by atoms with Crippen LogP contribution < -0.4 is 10.5 Å². The van der Waals surface area contributed by atoms with E-state index in [0.717, 1.165) is 6.07 Å². The summed E-state index contributed by atoms with van der Waals surface area (Å²) >= 11 is 5.84. The van der Waals surface area contributed by atoms with Crippen LogP contribution >= 0.6 is 11.6 Å². The van der Waals surface area contributed by atoms with Crippen molar-refractivity contribution in [1.82, 2.24) is 4.72 Å². The van der Waals surface area contributed by atoms with Gasteiger partial charge in [0.2, 0.25) is 10.0 Å². The molecule has 0 spiro atoms. The Kier molecular flexibility index (Phi) is 5.30. The minimum absolute atomic E-state index is 0.0184. The molecule has 0 aromatic heterocycles. The molecule has 0 amide bonds. The van der Waals surface area contributed by atoms with E-state index in [-0.39, 0.29) is 28.1 Å². The van der Waals surface area contributed by atoms with E-state index in [9.17, 15) is 13.2 Å². The molecule has 19 heavy (non-hydrogen) atoms. The van der Waals surface area contributed by atoms with Gasteiger partial charge in [-0.3, -0.25) is 0 Å². The summed E-state index contributed by atoms with van der Waals surface area (Å²) in [5.74, 6) is -0.639. The highest BCUT2D eigenvalue weighted by Gasteiger charge is 2.20. The van der Waals surface area contributed by atoms with Gasteiger partial charge in [-0.15, -0.1) is 0 Å². The lowest BCUT2D eigenvalue weighted by molar-refractivity contribution is 0.0600. The summed E-state index contributed by atoms with van der Waals surface area (Å²) in [6, 6.07) is 3.54. The van der Waals surface area contributed by atoms with Crippen molar-refractivity contribution in [3.05, 3.63) is 28.8 Å². The van der Waals surface area contributed by atoms with Crippen LogP contribution in [0.3, 0.4) is 0 Å². The second-order valence-corrected chi connectivity index (χ2v) is 6.11. The summed E-state index contributed by atoms with van der Waals surface area (Å²) in [6.45, 7) is 1.73. The number of hydrogen-bond donors (Lipinski definition) is 2. The first-order valence-corrected chi connectivity index (χ1v) is 7.27. The minimum Gasteiger partial charge on any atom is -0.465 e. The molecule has 106 valence electrons. The zero-order valence-electron chi connectivity index (χ0n) is 10.5. The van der Waals surface area contributed by atoms with Crippen molar-refractivity contribution in [3.8, 4) is 0 Å². The van der Waals surface area contributed by atoms with Crippen LogP contribution in [0.5, 0.6) is 0 Å². The van der Waals surface area contributed by atoms with Gasteiger partial charge in [0.1, 0.15) is 4.90 Å². The summed E-state index contributed by atoms with van der Waals surface area (Å²) in [7, 11) is -2.61. The maximum Gasteiger partial charge on any atom is 0.337 e. The normalized spacial score (nSPS) is 13.1. The lowest BCUT2D eigenvalue weighted by Crippen LogP contribution is -2.35. The van der Waals surface area contributed by atoms with Gasteiger partial charge in [0.25, 0.3) is 0 Å². The van der Waals surface area contributed by atoms with Crippen LogP contribution in [0.1, 0.15) is 17.3 Å². The lowest BCUT2D eigenvalue weighted by Gasteiger charge is -2.11. The largest absolute Gasteiger partial charge is 0.465 e. The van der Waals surface area contributed by atoms with Crippen molar-refractivity contribution >= 4 is 27.6 Å². The molecular weight excluding hydrogens is 292 g/mol. The fourth-order valence-electron chi connectivity index (χ4n) is 1.27. The third-order valence-corrected chi connectivity index (χ3v) is 4.14. The third-order valence-electron chi connectivity index (χ3n) is 2.24. The predicted octanol–water partition coefficient (Wildman–Crippen LogP) is 0.752. The molecule has 1 rings (SSSR count). The fraction of sp³-hybridized carbons (Fsp3) is 0.364. The number of nitrogens with two attached hydrogens (primary N) is 1. The van der Waals surface area contributed by atoms with Gasteiger partial charge in [-0.1, -0.05) is 11.6 Å². The van der Waals surface area contributed by atoms with Crippen LogP contribution in [0.25, 0.3) is 0 Å². The standard InChI is InChI=1S/C11H15ClN2O4S/c1-7(13)6-14-19(16,17)10-5-8(11(15)18-2)3-4-9(10)12/h3-5,7,14H,6,13H2,1-2H3. The van der Waals surface area contributed by atoms with Crippen molar-refractivity contribution in [2.75, 3.05) is 13.7 Å². The topological polar surface area (TPSA) is 98.5 Å². The Morgan fingerprint density at radius 1 is 1.53 bits per heavy atom. The van der Waals surface area contributed by atoms with Gasteiger partial charge in [0.05, 0.1) is 17.7 Å². The number of halogens is 1. The van der Waals surface area contributed by atoms with Gasteiger partial charge in [-0.25, -0.2) is 17.9 Å². The molecule has 0 aliphatic heterocycles. The number of rotatable bonds is 5. The van der Waals surface area contributed by atoms with E-state index >= 15 is 0 Å². The van der Waals surface area contributed by atoms with Gasteiger partial charge >= 0.3 is 5.97 Å². The molecule has 1 aromatic carbocycles. The second kappa shape index (κ2) is 6.33. The minimum atomic E-state index is -3.82. The molecule has 0 saturated heterocycles. The zero-order valence-corrected chi connectivity index (χ0v) is 12.1. The second-order valence-electron chi connectivity index (χ2n) is 3.97. The summed E-state index contributed by atoms with van der Waals surface area (Å²) in [5, 5.41) is 0.0184. The molecule has 0 saturated carbocycles. The predicted molar refractivity (Wildman–Crippen MR) is 71.6 cm³/mol. The van der Waals surface area contributed by atoms with E-state index in [2.05, 4.69) is 9.46 Å². The Morgan fingerprint density at radius 2 is 2.16 bits per heavy atom. The van der Waals surface area contributed by atoms with Crippen molar-refractivity contribution in [2.24, 2.45) is 5.73 Å². The monoisotopic (exact) mass is 306 g/mol. The Labute approximate surface area is 116 Å². The molecule has 0 radical (unpaired) electrons. The van der Waals surface area contributed by atoms with Crippen LogP contribution in [-0.4, -0.2) is 34.1 Å². The highest BCUT2D eigenvalue weighted by molar-refractivity contribution is 7.89. The number of esters is 1. The van der Waals surface area contributed by atoms with E-state index in [0.29, 0.717) is 0 Å².